The zero-order valence-electron chi connectivity index (χ0n) is 7.12. The standard InChI is InChI=1S/C4H6N2O2.C3H2N2O/c7-4(8)6-3-1-2-5-6;6-3-1-2-4-5-3/h1-2,5H,3H2,(H,7,8);1-2H. The van der Waals surface area contributed by atoms with E-state index in [2.05, 4.69) is 15.7 Å². The first kappa shape index (κ1) is 9.90. The fourth-order valence-electron chi connectivity index (χ4n) is 0.707. The van der Waals surface area contributed by atoms with E-state index in [-0.39, 0.29) is 5.91 Å². The van der Waals surface area contributed by atoms with Crippen LogP contribution in [0.2, 0.25) is 0 Å². The molecule has 0 spiro atoms. The normalized spacial score (nSPS) is 16.6. The summed E-state index contributed by atoms with van der Waals surface area (Å²) in [5, 5.41) is 15.7. The molecule has 2 N–H and O–H groups in total. The number of rotatable bonds is 0. The second kappa shape index (κ2) is 4.75. The van der Waals surface area contributed by atoms with Crippen molar-refractivity contribution in [3.63, 3.8) is 0 Å². The van der Waals surface area contributed by atoms with Gasteiger partial charge in [-0.05, 0) is 6.08 Å². The van der Waals surface area contributed by atoms with Gasteiger partial charge in [-0.15, -0.1) is 5.11 Å². The van der Waals surface area contributed by atoms with Crippen molar-refractivity contribution in [3.8, 4) is 0 Å². The summed E-state index contributed by atoms with van der Waals surface area (Å²) < 4.78 is 0. The molecule has 0 saturated carbocycles. The van der Waals surface area contributed by atoms with E-state index >= 15 is 0 Å². The van der Waals surface area contributed by atoms with E-state index < -0.39 is 6.09 Å². The predicted octanol–water partition coefficient (Wildman–Crippen LogP) is 0.491. The van der Waals surface area contributed by atoms with Crippen LogP contribution < -0.4 is 5.43 Å². The zero-order valence-corrected chi connectivity index (χ0v) is 7.12. The maximum Gasteiger partial charge on any atom is 0.426 e. The molecule has 0 aromatic heterocycles. The molecule has 0 aromatic rings. The van der Waals surface area contributed by atoms with E-state index in [0.29, 0.717) is 6.54 Å². The number of hydrogen-bond donors (Lipinski definition) is 2. The third-order valence-corrected chi connectivity index (χ3v) is 1.31. The molecule has 14 heavy (non-hydrogen) atoms. The van der Waals surface area contributed by atoms with Crippen molar-refractivity contribution in [2.75, 3.05) is 6.54 Å². The Balaban J connectivity index is 0.000000146. The first-order valence-corrected chi connectivity index (χ1v) is 3.73. The van der Waals surface area contributed by atoms with Gasteiger partial charge in [0.15, 0.2) is 0 Å². The molecule has 0 unspecified atom stereocenters. The van der Waals surface area contributed by atoms with Crippen LogP contribution in [0.5, 0.6) is 0 Å². The molecule has 2 heterocycles. The molecule has 74 valence electrons. The van der Waals surface area contributed by atoms with Gasteiger partial charge in [-0.25, -0.2) is 9.80 Å². The highest BCUT2D eigenvalue weighted by Gasteiger charge is 2.09. The molecule has 2 amide bonds. The quantitative estimate of drug-likeness (QED) is 0.589. The average molecular weight is 196 g/mol. The summed E-state index contributed by atoms with van der Waals surface area (Å²) in [6.45, 7) is 0.440. The first-order chi connectivity index (χ1) is 6.70. The van der Waals surface area contributed by atoms with Crippen molar-refractivity contribution in [3.05, 3.63) is 24.6 Å². The Labute approximate surface area is 79.4 Å². The summed E-state index contributed by atoms with van der Waals surface area (Å²) >= 11 is 0. The molecule has 0 bridgehead atoms. The zero-order chi connectivity index (χ0) is 10.4. The van der Waals surface area contributed by atoms with Crippen LogP contribution in [0.1, 0.15) is 0 Å². The second-order valence-corrected chi connectivity index (χ2v) is 2.29. The minimum atomic E-state index is -0.949. The molecule has 0 saturated heterocycles. The highest BCUT2D eigenvalue weighted by atomic mass is 16.4. The topological polar surface area (TPSA) is 94.4 Å². The third kappa shape index (κ3) is 3.05. The van der Waals surface area contributed by atoms with Gasteiger partial charge in [-0.2, -0.15) is 5.11 Å². The third-order valence-electron chi connectivity index (χ3n) is 1.31. The molecule has 0 atom stereocenters. The van der Waals surface area contributed by atoms with Crippen molar-refractivity contribution in [1.82, 2.24) is 10.4 Å². The van der Waals surface area contributed by atoms with Crippen molar-refractivity contribution in [2.24, 2.45) is 10.2 Å². The molecule has 7 nitrogen and oxygen atoms in total. The number of azo groups is 1. The molecule has 0 radical (unpaired) electrons. The molecule has 0 aromatic carbocycles. The number of hydrogen-bond acceptors (Lipinski definition) is 4. The summed E-state index contributed by atoms with van der Waals surface area (Å²) in [6, 6.07) is 0. The molecule has 2 aliphatic heterocycles. The summed E-state index contributed by atoms with van der Waals surface area (Å²) in [5.74, 6) is -0.269. The smallest absolute Gasteiger partial charge is 0.426 e. The Morgan fingerprint density at radius 3 is 2.64 bits per heavy atom. The van der Waals surface area contributed by atoms with E-state index in [1.165, 1.54) is 12.3 Å². The fourth-order valence-corrected chi connectivity index (χ4v) is 0.707. The number of amides is 2. The minimum Gasteiger partial charge on any atom is -0.464 e. The van der Waals surface area contributed by atoms with E-state index in [1.807, 2.05) is 0 Å². The molecule has 2 aliphatic rings. The second-order valence-electron chi connectivity index (χ2n) is 2.29. The van der Waals surface area contributed by atoms with Crippen LogP contribution in [0.25, 0.3) is 0 Å². The summed E-state index contributed by atoms with van der Waals surface area (Å²) in [5.41, 5.74) is 2.51. The van der Waals surface area contributed by atoms with Gasteiger partial charge in [-0.1, -0.05) is 0 Å². The molecule has 2 rings (SSSR count). The number of carbonyl (C=O) groups excluding carboxylic acids is 1. The number of carbonyl (C=O) groups is 2. The van der Waals surface area contributed by atoms with E-state index in [9.17, 15) is 9.59 Å². The highest BCUT2D eigenvalue weighted by Crippen LogP contribution is 1.91. The summed E-state index contributed by atoms with van der Waals surface area (Å²) in [7, 11) is 0. The Kier molecular flexibility index (Phi) is 3.36. The lowest BCUT2D eigenvalue weighted by molar-refractivity contribution is -0.113. The molecule has 0 fully saturated rings. The lowest BCUT2D eigenvalue weighted by Crippen LogP contribution is -2.34. The van der Waals surface area contributed by atoms with Crippen LogP contribution in [-0.4, -0.2) is 28.7 Å². The SMILES string of the molecule is O=C(O)N1CC=CN1.O=C1C=CN=N1. The largest absolute Gasteiger partial charge is 0.464 e. The van der Waals surface area contributed by atoms with Gasteiger partial charge in [0.1, 0.15) is 0 Å². The van der Waals surface area contributed by atoms with Crippen molar-refractivity contribution in [2.45, 2.75) is 0 Å². The minimum absolute atomic E-state index is 0.269. The van der Waals surface area contributed by atoms with Crippen LogP contribution in [0, 0.1) is 0 Å². The van der Waals surface area contributed by atoms with Crippen LogP contribution in [-0.2, 0) is 4.79 Å². The van der Waals surface area contributed by atoms with Crippen molar-refractivity contribution >= 4 is 12.0 Å². The lowest BCUT2D eigenvalue weighted by atomic mass is 10.6. The highest BCUT2D eigenvalue weighted by molar-refractivity contribution is 5.89. The summed E-state index contributed by atoms with van der Waals surface area (Å²) in [4.78, 5) is 19.9. The van der Waals surface area contributed by atoms with Gasteiger partial charge >= 0.3 is 6.09 Å². The molecular weight excluding hydrogens is 188 g/mol. The van der Waals surface area contributed by atoms with Crippen LogP contribution in [0.15, 0.2) is 34.8 Å². The predicted molar refractivity (Wildman–Crippen MR) is 46.0 cm³/mol. The van der Waals surface area contributed by atoms with E-state index in [0.717, 1.165) is 5.01 Å². The van der Waals surface area contributed by atoms with E-state index in [4.69, 9.17) is 5.11 Å². The van der Waals surface area contributed by atoms with Gasteiger partial charge < -0.3 is 10.5 Å². The molecule has 7 heteroatoms. The van der Waals surface area contributed by atoms with Crippen molar-refractivity contribution in [1.29, 1.82) is 0 Å². The Bertz CT molecular complexity index is 299. The summed E-state index contributed by atoms with van der Waals surface area (Å²) in [6.07, 6.45) is 5.04. The van der Waals surface area contributed by atoms with Crippen LogP contribution >= 0.6 is 0 Å². The maximum atomic E-state index is 10.0. The van der Waals surface area contributed by atoms with Crippen LogP contribution in [0.4, 0.5) is 4.79 Å². The van der Waals surface area contributed by atoms with Gasteiger partial charge in [0, 0.05) is 12.3 Å². The Morgan fingerprint density at radius 1 is 1.64 bits per heavy atom. The molecular formula is C7H8N4O3. The van der Waals surface area contributed by atoms with Gasteiger partial charge in [0.2, 0.25) is 0 Å². The number of carboxylic acid groups (broad SMARTS) is 1. The fraction of sp³-hybridized carbons (Fsp3) is 0.143. The molecule has 0 aliphatic carbocycles. The first-order valence-electron chi connectivity index (χ1n) is 3.73. The Morgan fingerprint density at radius 2 is 2.43 bits per heavy atom. The van der Waals surface area contributed by atoms with E-state index in [1.54, 1.807) is 12.3 Å². The average Bonchev–Trinajstić information content (AvgIpc) is 2.75. The number of nitrogens with zero attached hydrogens (tertiary/aromatic N) is 3. The number of hydrazine groups is 1. The number of nitrogens with one attached hydrogen (secondary N) is 1. The van der Waals surface area contributed by atoms with Crippen molar-refractivity contribution < 1.29 is 14.7 Å². The lowest BCUT2D eigenvalue weighted by Gasteiger charge is -2.09. The monoisotopic (exact) mass is 196 g/mol. The Hall–Kier alpha value is -2.18. The van der Waals surface area contributed by atoms with Gasteiger partial charge in [0.05, 0.1) is 12.7 Å². The maximum absolute atomic E-state index is 10.0. The van der Waals surface area contributed by atoms with Gasteiger partial charge in [0.25, 0.3) is 5.91 Å². The van der Waals surface area contributed by atoms with Gasteiger partial charge in [-0.3, -0.25) is 4.79 Å². The van der Waals surface area contributed by atoms with Crippen LogP contribution in [0.3, 0.4) is 0 Å².